The van der Waals surface area contributed by atoms with Gasteiger partial charge in [-0.05, 0) is 28.3 Å². The molecule has 0 aliphatic carbocycles. The lowest BCUT2D eigenvalue weighted by atomic mass is 10.1. The molecule has 2 rings (SSSR count). The Morgan fingerprint density at radius 3 is 3.06 bits per heavy atom. The molecule has 2 heterocycles. The number of pyridine rings is 1. The molecular formula is C11H13IN2O2S. The minimum absolute atomic E-state index is 0.0442. The quantitative estimate of drug-likeness (QED) is 0.612. The number of aromatic amines is 1. The van der Waals surface area contributed by atoms with Crippen LogP contribution in [0.3, 0.4) is 0 Å². The average Bonchev–Trinajstić information content (AvgIpc) is 2.34. The van der Waals surface area contributed by atoms with Gasteiger partial charge in [-0.15, -0.1) is 0 Å². The fourth-order valence-electron chi connectivity index (χ4n) is 1.96. The molecule has 0 saturated heterocycles. The number of aromatic nitrogens is 1. The summed E-state index contributed by atoms with van der Waals surface area (Å²) in [6.07, 6.45) is 2.88. The maximum absolute atomic E-state index is 12.0. The summed E-state index contributed by atoms with van der Waals surface area (Å²) in [5, 5.41) is 0. The van der Waals surface area contributed by atoms with E-state index in [1.807, 2.05) is 22.6 Å². The summed E-state index contributed by atoms with van der Waals surface area (Å²) in [6.45, 7) is 1.10. The maximum Gasteiger partial charge on any atom is 0.223 e. The summed E-state index contributed by atoms with van der Waals surface area (Å²) >= 11 is 6.07. The van der Waals surface area contributed by atoms with E-state index in [-0.39, 0.29) is 11.3 Å². The van der Waals surface area contributed by atoms with Gasteiger partial charge in [-0.25, -0.2) is 0 Å². The fourth-order valence-corrected chi connectivity index (χ4v) is 2.63. The van der Waals surface area contributed by atoms with Crippen molar-refractivity contribution in [3.8, 4) is 0 Å². The summed E-state index contributed by atoms with van der Waals surface area (Å²) in [5.74, 6) is 0.620. The number of hydrogen-bond donors (Lipinski definition) is 2. The van der Waals surface area contributed by atoms with Gasteiger partial charge in [-0.3, -0.25) is 9.59 Å². The summed E-state index contributed by atoms with van der Waals surface area (Å²) in [5.41, 5.74) is 1.74. The molecule has 17 heavy (non-hydrogen) atoms. The molecule has 0 fully saturated rings. The van der Waals surface area contributed by atoms with Gasteiger partial charge in [0, 0.05) is 36.8 Å². The molecule has 1 aliphatic heterocycles. The lowest BCUT2D eigenvalue weighted by molar-refractivity contribution is -0.131. The van der Waals surface area contributed by atoms with Crippen LogP contribution in [0.25, 0.3) is 0 Å². The highest BCUT2D eigenvalue weighted by atomic mass is 127. The van der Waals surface area contributed by atoms with E-state index in [0.29, 0.717) is 28.8 Å². The minimum Gasteiger partial charge on any atom is -0.363 e. The van der Waals surface area contributed by atoms with E-state index in [4.69, 9.17) is 0 Å². The number of thiol groups is 1. The Bertz CT molecular complexity index is 501. The monoisotopic (exact) mass is 364 g/mol. The number of H-pyrrole nitrogens is 1. The van der Waals surface area contributed by atoms with Crippen molar-refractivity contribution in [1.29, 1.82) is 0 Å². The van der Waals surface area contributed by atoms with Crippen molar-refractivity contribution >= 4 is 41.1 Å². The summed E-state index contributed by atoms with van der Waals surface area (Å²) in [4.78, 5) is 28.6. The Hall–Kier alpha value is -0.500. The first kappa shape index (κ1) is 12.9. The lowest BCUT2D eigenvalue weighted by Gasteiger charge is -2.28. The molecule has 0 bridgehead atoms. The smallest absolute Gasteiger partial charge is 0.223 e. The number of nitrogens with zero attached hydrogens (tertiary/aromatic N) is 1. The Morgan fingerprint density at radius 1 is 1.59 bits per heavy atom. The van der Waals surface area contributed by atoms with Crippen molar-refractivity contribution in [2.24, 2.45) is 0 Å². The molecule has 0 spiro atoms. The molecule has 1 aliphatic rings. The highest BCUT2D eigenvalue weighted by Gasteiger charge is 2.23. The van der Waals surface area contributed by atoms with E-state index >= 15 is 0 Å². The molecular weight excluding hydrogens is 351 g/mol. The third-order valence-electron chi connectivity index (χ3n) is 2.89. The van der Waals surface area contributed by atoms with E-state index in [1.54, 1.807) is 11.1 Å². The molecule has 1 N–H and O–H groups in total. The van der Waals surface area contributed by atoms with Crippen LogP contribution in [-0.4, -0.2) is 28.1 Å². The Balaban J connectivity index is 2.26. The van der Waals surface area contributed by atoms with Crippen LogP contribution in [0.5, 0.6) is 0 Å². The number of halogens is 1. The molecule has 0 saturated carbocycles. The Labute approximate surface area is 118 Å². The highest BCUT2D eigenvalue weighted by molar-refractivity contribution is 14.1. The lowest BCUT2D eigenvalue weighted by Crippen LogP contribution is -2.39. The SMILES string of the molecule is O=C(CCS)N1CCc2[nH]cc(I)c(=O)c2C1. The minimum atomic E-state index is 0.0442. The van der Waals surface area contributed by atoms with Gasteiger partial charge >= 0.3 is 0 Å². The van der Waals surface area contributed by atoms with E-state index < -0.39 is 0 Å². The second-order valence-corrected chi connectivity index (χ2v) is 5.57. The van der Waals surface area contributed by atoms with Gasteiger partial charge in [0.05, 0.1) is 10.1 Å². The van der Waals surface area contributed by atoms with E-state index in [2.05, 4.69) is 17.6 Å². The second kappa shape index (κ2) is 5.43. The van der Waals surface area contributed by atoms with E-state index in [0.717, 1.165) is 17.7 Å². The molecule has 0 unspecified atom stereocenters. The predicted molar refractivity (Wildman–Crippen MR) is 77.4 cm³/mol. The number of carbonyl (C=O) groups excluding carboxylic acids is 1. The fraction of sp³-hybridized carbons (Fsp3) is 0.455. The van der Waals surface area contributed by atoms with Crippen molar-refractivity contribution < 1.29 is 4.79 Å². The van der Waals surface area contributed by atoms with Crippen molar-refractivity contribution in [2.45, 2.75) is 19.4 Å². The van der Waals surface area contributed by atoms with Crippen LogP contribution in [0, 0.1) is 3.57 Å². The standard InChI is InChI=1S/C11H13IN2O2S/c12-8-5-13-9-1-3-14(10(15)2-4-17)6-7(9)11(8)16/h5,17H,1-4,6H2,(H,13,16). The molecule has 0 radical (unpaired) electrons. The van der Waals surface area contributed by atoms with Crippen LogP contribution in [0.2, 0.25) is 0 Å². The Morgan fingerprint density at radius 2 is 2.35 bits per heavy atom. The first-order valence-electron chi connectivity index (χ1n) is 5.41. The number of carbonyl (C=O) groups is 1. The van der Waals surface area contributed by atoms with E-state index in [1.165, 1.54) is 0 Å². The zero-order valence-corrected chi connectivity index (χ0v) is 12.3. The predicted octanol–water partition coefficient (Wildman–Crippen LogP) is 1.18. The third-order valence-corrected chi connectivity index (χ3v) is 3.91. The summed E-state index contributed by atoms with van der Waals surface area (Å²) in [6, 6.07) is 0. The van der Waals surface area contributed by atoms with Crippen LogP contribution in [-0.2, 0) is 17.8 Å². The maximum atomic E-state index is 12.0. The van der Waals surface area contributed by atoms with Crippen LogP contribution in [0.15, 0.2) is 11.0 Å². The second-order valence-electron chi connectivity index (χ2n) is 3.96. The number of hydrogen-bond acceptors (Lipinski definition) is 3. The average molecular weight is 364 g/mol. The largest absolute Gasteiger partial charge is 0.363 e. The molecule has 1 aromatic rings. The highest BCUT2D eigenvalue weighted by Crippen LogP contribution is 2.15. The third kappa shape index (κ3) is 2.67. The van der Waals surface area contributed by atoms with Crippen LogP contribution in [0.1, 0.15) is 17.7 Å². The van der Waals surface area contributed by atoms with Crippen molar-refractivity contribution in [2.75, 3.05) is 12.3 Å². The molecule has 6 heteroatoms. The first-order chi connectivity index (χ1) is 8.13. The van der Waals surface area contributed by atoms with E-state index in [9.17, 15) is 9.59 Å². The van der Waals surface area contributed by atoms with Gasteiger partial charge in [0.2, 0.25) is 5.91 Å². The number of fused-ring (bicyclic) bond motifs is 1. The van der Waals surface area contributed by atoms with Gasteiger partial charge in [0.1, 0.15) is 0 Å². The van der Waals surface area contributed by atoms with Crippen molar-refractivity contribution in [3.63, 3.8) is 0 Å². The first-order valence-corrected chi connectivity index (χ1v) is 7.12. The van der Waals surface area contributed by atoms with Crippen LogP contribution < -0.4 is 5.43 Å². The summed E-state index contributed by atoms with van der Waals surface area (Å²) in [7, 11) is 0. The zero-order valence-electron chi connectivity index (χ0n) is 9.20. The molecule has 0 aromatic carbocycles. The normalized spacial score (nSPS) is 14.6. The van der Waals surface area contributed by atoms with Crippen molar-refractivity contribution in [1.82, 2.24) is 9.88 Å². The van der Waals surface area contributed by atoms with Gasteiger partial charge in [0.15, 0.2) is 5.43 Å². The molecule has 4 nitrogen and oxygen atoms in total. The van der Waals surface area contributed by atoms with Crippen molar-refractivity contribution in [3.05, 3.63) is 31.2 Å². The van der Waals surface area contributed by atoms with Crippen LogP contribution >= 0.6 is 35.2 Å². The molecule has 0 atom stereocenters. The van der Waals surface area contributed by atoms with Gasteiger partial charge in [0.25, 0.3) is 0 Å². The number of rotatable bonds is 2. The Kier molecular flexibility index (Phi) is 4.13. The number of amides is 1. The van der Waals surface area contributed by atoms with Gasteiger partial charge in [-0.2, -0.15) is 12.6 Å². The molecule has 1 amide bonds. The van der Waals surface area contributed by atoms with Crippen LogP contribution in [0.4, 0.5) is 0 Å². The number of nitrogens with one attached hydrogen (secondary N) is 1. The van der Waals surface area contributed by atoms with Gasteiger partial charge < -0.3 is 9.88 Å². The van der Waals surface area contributed by atoms with Gasteiger partial charge in [-0.1, -0.05) is 0 Å². The molecule has 92 valence electrons. The molecule has 1 aromatic heterocycles. The topological polar surface area (TPSA) is 53.2 Å². The zero-order chi connectivity index (χ0) is 12.4. The summed E-state index contributed by atoms with van der Waals surface area (Å²) < 4.78 is 0.671.